The van der Waals surface area contributed by atoms with Gasteiger partial charge in [-0.25, -0.2) is 9.18 Å². The van der Waals surface area contributed by atoms with Crippen molar-refractivity contribution >= 4 is 22.6 Å². The summed E-state index contributed by atoms with van der Waals surface area (Å²) in [5.74, 6) is -2.20. The van der Waals surface area contributed by atoms with Crippen molar-refractivity contribution < 1.29 is 29.2 Å². The van der Waals surface area contributed by atoms with Crippen molar-refractivity contribution in [2.75, 3.05) is 31.7 Å². The average molecular weight is 406 g/mol. The molecule has 1 saturated heterocycles. The zero-order valence-electron chi connectivity index (χ0n) is 16.0. The fraction of sp³-hybridized carbons (Fsp3) is 0.500. The molecule has 29 heavy (non-hydrogen) atoms. The predicted molar refractivity (Wildman–Crippen MR) is 103 cm³/mol. The van der Waals surface area contributed by atoms with Gasteiger partial charge >= 0.3 is 5.97 Å². The number of aliphatic hydroxyl groups is 2. The third-order valence-corrected chi connectivity index (χ3v) is 5.85. The van der Waals surface area contributed by atoms with Crippen LogP contribution < -0.4 is 15.1 Å². The summed E-state index contributed by atoms with van der Waals surface area (Å²) in [7, 11) is 1.38. The highest BCUT2D eigenvalue weighted by atomic mass is 19.1. The van der Waals surface area contributed by atoms with Gasteiger partial charge in [0, 0.05) is 37.9 Å². The van der Waals surface area contributed by atoms with Crippen LogP contribution >= 0.6 is 0 Å². The third kappa shape index (κ3) is 3.24. The molecule has 2 aliphatic rings. The van der Waals surface area contributed by atoms with E-state index in [-0.39, 0.29) is 41.9 Å². The van der Waals surface area contributed by atoms with Crippen LogP contribution in [0.4, 0.5) is 10.1 Å². The lowest BCUT2D eigenvalue weighted by Gasteiger charge is -2.37. The Kier molecular flexibility index (Phi) is 4.95. The number of pyridine rings is 1. The van der Waals surface area contributed by atoms with Gasteiger partial charge < -0.3 is 29.5 Å². The number of aromatic nitrogens is 1. The van der Waals surface area contributed by atoms with E-state index in [2.05, 4.69) is 0 Å². The monoisotopic (exact) mass is 406 g/mol. The van der Waals surface area contributed by atoms with E-state index in [4.69, 9.17) is 4.74 Å². The molecule has 1 aliphatic carbocycles. The van der Waals surface area contributed by atoms with E-state index in [1.165, 1.54) is 13.3 Å². The number of aliphatic hydroxyl groups excluding tert-OH is 2. The molecular formula is C20H23FN2O6. The lowest BCUT2D eigenvalue weighted by molar-refractivity contribution is 0.0545. The summed E-state index contributed by atoms with van der Waals surface area (Å²) in [6.45, 7) is 0.373. The van der Waals surface area contributed by atoms with E-state index in [0.29, 0.717) is 18.5 Å². The first-order valence-electron chi connectivity index (χ1n) is 9.59. The maximum Gasteiger partial charge on any atom is 0.341 e. The van der Waals surface area contributed by atoms with Crippen LogP contribution in [0.15, 0.2) is 17.1 Å². The number of ether oxygens (including phenoxy) is 1. The van der Waals surface area contributed by atoms with E-state index in [0.717, 1.165) is 18.9 Å². The van der Waals surface area contributed by atoms with Crippen molar-refractivity contribution in [2.24, 2.45) is 5.92 Å². The van der Waals surface area contributed by atoms with E-state index in [1.807, 2.05) is 0 Å². The third-order valence-electron chi connectivity index (χ3n) is 5.85. The molecule has 0 amide bonds. The predicted octanol–water partition coefficient (Wildman–Crippen LogP) is 1.36. The molecule has 2 fully saturated rings. The minimum absolute atomic E-state index is 0.0223. The summed E-state index contributed by atoms with van der Waals surface area (Å²) < 4.78 is 22.4. The van der Waals surface area contributed by atoms with Gasteiger partial charge in [-0.15, -0.1) is 0 Å². The Hall–Kier alpha value is -2.65. The fourth-order valence-corrected chi connectivity index (χ4v) is 4.12. The molecule has 1 aliphatic heterocycles. The molecule has 2 unspecified atom stereocenters. The Labute approximate surface area is 165 Å². The lowest BCUT2D eigenvalue weighted by atomic mass is 9.94. The van der Waals surface area contributed by atoms with Gasteiger partial charge in [0.05, 0.1) is 24.1 Å². The van der Waals surface area contributed by atoms with E-state index >= 15 is 4.39 Å². The Morgan fingerprint density at radius 1 is 1.34 bits per heavy atom. The van der Waals surface area contributed by atoms with Crippen LogP contribution in [0.5, 0.6) is 5.75 Å². The number of carboxylic acid groups (broad SMARTS) is 1. The van der Waals surface area contributed by atoms with Crippen molar-refractivity contribution in [1.29, 1.82) is 0 Å². The number of halogens is 1. The molecule has 0 radical (unpaired) electrons. The molecule has 4 rings (SSSR count). The summed E-state index contributed by atoms with van der Waals surface area (Å²) in [5.41, 5.74) is -0.669. The number of β-amino-alcohol motifs (C(OH)–C–C–N with tert-alkyl or cyclic N) is 1. The maximum absolute atomic E-state index is 15.2. The SMILES string of the molecule is COc1c(N2CCC(CO)C(O)C2)c(F)cc2c(=O)c(C(=O)O)cn(C3CC3)c12. The number of anilines is 1. The molecule has 0 bridgehead atoms. The highest BCUT2D eigenvalue weighted by molar-refractivity contribution is 5.97. The Morgan fingerprint density at radius 3 is 2.62 bits per heavy atom. The molecular weight excluding hydrogens is 383 g/mol. The van der Waals surface area contributed by atoms with E-state index < -0.39 is 28.9 Å². The molecule has 8 nitrogen and oxygen atoms in total. The summed E-state index contributed by atoms with van der Waals surface area (Å²) in [6, 6.07) is 1.08. The number of fused-ring (bicyclic) bond motifs is 1. The zero-order valence-corrected chi connectivity index (χ0v) is 16.0. The summed E-state index contributed by atoms with van der Waals surface area (Å²) in [5, 5.41) is 29.0. The second kappa shape index (κ2) is 7.31. The number of carbonyl (C=O) groups is 1. The molecule has 3 N–H and O–H groups in total. The van der Waals surface area contributed by atoms with E-state index in [1.54, 1.807) is 9.47 Å². The Morgan fingerprint density at radius 2 is 2.07 bits per heavy atom. The maximum atomic E-state index is 15.2. The highest BCUT2D eigenvalue weighted by Crippen LogP contribution is 2.44. The lowest BCUT2D eigenvalue weighted by Crippen LogP contribution is -2.45. The van der Waals surface area contributed by atoms with Gasteiger partial charge in [0.15, 0.2) is 11.6 Å². The van der Waals surface area contributed by atoms with Crippen LogP contribution in [0.1, 0.15) is 35.7 Å². The number of hydrogen-bond acceptors (Lipinski definition) is 6. The molecule has 9 heteroatoms. The van der Waals surface area contributed by atoms with Gasteiger partial charge in [-0.05, 0) is 25.3 Å². The number of carboxylic acids is 1. The van der Waals surface area contributed by atoms with Crippen LogP contribution in [-0.4, -0.2) is 58.8 Å². The van der Waals surface area contributed by atoms with Crippen LogP contribution in [0.25, 0.3) is 10.9 Å². The molecule has 2 aromatic rings. The number of methoxy groups -OCH3 is 1. The number of piperidine rings is 1. The van der Waals surface area contributed by atoms with Gasteiger partial charge in [-0.1, -0.05) is 0 Å². The number of hydrogen-bond donors (Lipinski definition) is 3. The second-order valence-electron chi connectivity index (χ2n) is 7.70. The Bertz CT molecular complexity index is 1030. The van der Waals surface area contributed by atoms with Gasteiger partial charge in [-0.2, -0.15) is 0 Å². The van der Waals surface area contributed by atoms with E-state index in [9.17, 15) is 24.9 Å². The molecule has 1 aromatic carbocycles. The molecule has 156 valence electrons. The van der Waals surface area contributed by atoms with Crippen molar-refractivity contribution in [1.82, 2.24) is 4.57 Å². The number of aromatic carboxylic acids is 1. The van der Waals surface area contributed by atoms with Crippen molar-refractivity contribution in [3.63, 3.8) is 0 Å². The number of rotatable bonds is 5. The highest BCUT2D eigenvalue weighted by Gasteiger charge is 2.34. The largest absolute Gasteiger partial charge is 0.492 e. The first-order chi connectivity index (χ1) is 13.9. The normalized spacial score (nSPS) is 22.1. The van der Waals surface area contributed by atoms with Gasteiger partial charge in [-0.3, -0.25) is 4.79 Å². The van der Waals surface area contributed by atoms with Crippen LogP contribution in [0.3, 0.4) is 0 Å². The minimum Gasteiger partial charge on any atom is -0.492 e. The summed E-state index contributed by atoms with van der Waals surface area (Å²) in [4.78, 5) is 25.9. The number of benzene rings is 1. The van der Waals surface area contributed by atoms with Crippen LogP contribution in [0.2, 0.25) is 0 Å². The zero-order chi connectivity index (χ0) is 20.9. The van der Waals surface area contributed by atoms with Crippen molar-refractivity contribution in [3.05, 3.63) is 33.9 Å². The first-order valence-corrected chi connectivity index (χ1v) is 9.59. The van der Waals surface area contributed by atoms with Crippen molar-refractivity contribution in [3.8, 4) is 5.75 Å². The first kappa shape index (κ1) is 19.7. The molecule has 1 aromatic heterocycles. The minimum atomic E-state index is -1.36. The smallest absolute Gasteiger partial charge is 0.341 e. The molecule has 2 atom stereocenters. The Balaban J connectivity index is 1.95. The fourth-order valence-electron chi connectivity index (χ4n) is 4.12. The summed E-state index contributed by atoms with van der Waals surface area (Å²) >= 11 is 0. The van der Waals surface area contributed by atoms with Crippen LogP contribution in [0, 0.1) is 11.7 Å². The van der Waals surface area contributed by atoms with Gasteiger partial charge in [0.25, 0.3) is 0 Å². The quantitative estimate of drug-likeness (QED) is 0.687. The molecule has 1 saturated carbocycles. The molecule has 0 spiro atoms. The summed E-state index contributed by atoms with van der Waals surface area (Å²) in [6.07, 6.45) is 2.61. The van der Waals surface area contributed by atoms with Gasteiger partial charge in [0.2, 0.25) is 5.43 Å². The standard InChI is InChI=1S/C20H23FN2O6/c1-29-19-16-12(18(26)13(20(27)28)7-23(16)11-2-3-11)6-14(21)17(19)22-5-4-10(9-24)15(25)8-22/h6-7,10-11,15,24-25H,2-5,8-9H2,1H3,(H,27,28). The number of nitrogens with zero attached hydrogens (tertiary/aromatic N) is 2. The second-order valence-corrected chi connectivity index (χ2v) is 7.70. The topological polar surface area (TPSA) is 112 Å². The molecule has 2 heterocycles. The van der Waals surface area contributed by atoms with Gasteiger partial charge in [0.1, 0.15) is 11.3 Å². The average Bonchev–Trinajstić information content (AvgIpc) is 3.52. The van der Waals surface area contributed by atoms with Crippen LogP contribution in [-0.2, 0) is 0 Å². The van der Waals surface area contributed by atoms with Crippen molar-refractivity contribution in [2.45, 2.75) is 31.4 Å².